The van der Waals surface area contributed by atoms with Gasteiger partial charge in [-0.05, 0) is 12.1 Å². The molecule has 7 nitrogen and oxygen atoms in total. The molecule has 0 saturated carbocycles. The van der Waals surface area contributed by atoms with Crippen molar-refractivity contribution < 1.29 is 4.79 Å². The van der Waals surface area contributed by atoms with E-state index in [1.54, 1.807) is 17.0 Å². The summed E-state index contributed by atoms with van der Waals surface area (Å²) in [6.45, 7) is 1.22. The Morgan fingerprint density at radius 3 is 3.36 bits per heavy atom. The van der Waals surface area contributed by atoms with Crippen LogP contribution in [-0.4, -0.2) is 32.0 Å². The lowest BCUT2D eigenvalue weighted by atomic mass is 10.0. The third-order valence-corrected chi connectivity index (χ3v) is 3.97. The number of aromatic nitrogens is 4. The summed E-state index contributed by atoms with van der Waals surface area (Å²) in [6, 6.07) is 5.48. The minimum absolute atomic E-state index is 0.0664. The maximum absolute atomic E-state index is 12.4. The van der Waals surface area contributed by atoms with E-state index in [0.29, 0.717) is 6.54 Å². The highest BCUT2D eigenvalue weighted by Gasteiger charge is 2.28. The van der Waals surface area contributed by atoms with E-state index >= 15 is 0 Å². The van der Waals surface area contributed by atoms with Crippen molar-refractivity contribution in [2.75, 3.05) is 6.54 Å². The van der Waals surface area contributed by atoms with Crippen LogP contribution >= 0.6 is 0 Å². The highest BCUT2D eigenvalue weighted by molar-refractivity contribution is 5.83. The predicted molar refractivity (Wildman–Crippen MR) is 80.1 cm³/mol. The minimum atomic E-state index is -0.392. The van der Waals surface area contributed by atoms with Gasteiger partial charge in [0, 0.05) is 37.0 Å². The molecule has 0 fully saturated rings. The Morgan fingerprint density at radius 1 is 1.45 bits per heavy atom. The summed E-state index contributed by atoms with van der Waals surface area (Å²) in [4.78, 5) is 19.8. The van der Waals surface area contributed by atoms with Crippen molar-refractivity contribution in [3.63, 3.8) is 0 Å². The van der Waals surface area contributed by atoms with Crippen LogP contribution < -0.4 is 10.6 Å². The van der Waals surface area contributed by atoms with Gasteiger partial charge in [0.05, 0.1) is 23.7 Å². The zero-order chi connectivity index (χ0) is 14.9. The number of aromatic amines is 1. The number of carbonyl (C=O) groups excluding carboxylic acids is 1. The molecule has 3 N–H and O–H groups in total. The number of pyridine rings is 1. The van der Waals surface area contributed by atoms with E-state index in [1.165, 1.54) is 0 Å². The van der Waals surface area contributed by atoms with Gasteiger partial charge in [0.1, 0.15) is 6.04 Å². The molecule has 4 rings (SSSR count). The fourth-order valence-corrected chi connectivity index (χ4v) is 2.84. The second-order valence-corrected chi connectivity index (χ2v) is 5.32. The summed E-state index contributed by atoms with van der Waals surface area (Å²) in [5.41, 5.74) is 3.82. The summed E-state index contributed by atoms with van der Waals surface area (Å²) in [5, 5.41) is 10.5. The molecule has 4 heterocycles. The highest BCUT2D eigenvalue weighted by atomic mass is 16.2. The van der Waals surface area contributed by atoms with Gasteiger partial charge < -0.3 is 15.6 Å². The Balaban J connectivity index is 1.50. The fraction of sp³-hybridized carbons (Fsp3) is 0.267. The summed E-state index contributed by atoms with van der Waals surface area (Å²) >= 11 is 0. The lowest BCUT2D eigenvalue weighted by Gasteiger charge is -2.22. The van der Waals surface area contributed by atoms with E-state index in [9.17, 15) is 4.79 Å². The first-order valence-electron chi connectivity index (χ1n) is 7.27. The maximum Gasteiger partial charge on any atom is 0.243 e. The van der Waals surface area contributed by atoms with Gasteiger partial charge in [-0.25, -0.2) is 9.50 Å². The van der Waals surface area contributed by atoms with Gasteiger partial charge in [0.25, 0.3) is 0 Å². The Kier molecular flexibility index (Phi) is 3.12. The van der Waals surface area contributed by atoms with Crippen LogP contribution in [0.25, 0.3) is 5.52 Å². The topological polar surface area (TPSA) is 87.1 Å². The Hall–Kier alpha value is -2.67. The summed E-state index contributed by atoms with van der Waals surface area (Å²) in [5.74, 6) is -0.0664. The number of hydrogen-bond acceptors (Lipinski definition) is 4. The number of nitrogens with zero attached hydrogens (tertiary/aromatic N) is 3. The fourth-order valence-electron chi connectivity index (χ4n) is 2.84. The molecule has 1 amide bonds. The van der Waals surface area contributed by atoms with Crippen molar-refractivity contribution in [2.45, 2.75) is 19.0 Å². The van der Waals surface area contributed by atoms with E-state index in [1.807, 2.05) is 24.4 Å². The van der Waals surface area contributed by atoms with Crippen LogP contribution in [0.4, 0.5) is 0 Å². The third-order valence-electron chi connectivity index (χ3n) is 3.97. The number of nitrogens with one attached hydrogen (secondary N) is 3. The van der Waals surface area contributed by atoms with Gasteiger partial charge in [0.2, 0.25) is 5.91 Å². The first-order valence-corrected chi connectivity index (χ1v) is 7.27. The van der Waals surface area contributed by atoms with Crippen molar-refractivity contribution in [1.82, 2.24) is 30.2 Å². The van der Waals surface area contributed by atoms with Crippen LogP contribution in [0.1, 0.15) is 23.0 Å². The molecule has 22 heavy (non-hydrogen) atoms. The number of rotatable bonds is 3. The zero-order valence-corrected chi connectivity index (χ0v) is 11.9. The van der Waals surface area contributed by atoms with Gasteiger partial charge in [0.15, 0.2) is 0 Å². The third kappa shape index (κ3) is 2.15. The Bertz CT molecular complexity index is 820. The van der Waals surface area contributed by atoms with Gasteiger partial charge in [-0.15, -0.1) is 0 Å². The SMILES string of the molecule is O=C(NCc1cnn2ccccc12)[C@H]1NCCc2[nH]cnc21. The smallest absolute Gasteiger partial charge is 0.243 e. The first-order chi connectivity index (χ1) is 10.8. The molecule has 0 aromatic carbocycles. The molecule has 0 bridgehead atoms. The molecular weight excluding hydrogens is 280 g/mol. The largest absolute Gasteiger partial charge is 0.350 e. The van der Waals surface area contributed by atoms with E-state index in [4.69, 9.17) is 0 Å². The molecular formula is C15H16N6O. The monoisotopic (exact) mass is 296 g/mol. The molecule has 3 aromatic heterocycles. The van der Waals surface area contributed by atoms with Crippen molar-refractivity contribution in [3.8, 4) is 0 Å². The molecule has 0 spiro atoms. The first kappa shape index (κ1) is 13.0. The molecule has 1 aliphatic heterocycles. The van der Waals surface area contributed by atoms with Crippen molar-refractivity contribution in [2.24, 2.45) is 0 Å². The standard InChI is InChI=1S/C15H16N6O/c22-15(14-13-11(4-5-16-14)18-9-19-13)17-7-10-8-20-21-6-2-1-3-12(10)21/h1-3,6,8-9,14,16H,4-5,7H2,(H,17,22)(H,18,19)/t14-/m0/s1. The van der Waals surface area contributed by atoms with Gasteiger partial charge in [-0.1, -0.05) is 6.07 Å². The molecule has 0 saturated heterocycles. The average molecular weight is 296 g/mol. The Morgan fingerprint density at radius 2 is 2.41 bits per heavy atom. The normalized spacial score (nSPS) is 17.4. The van der Waals surface area contributed by atoms with Crippen LogP contribution in [0, 0.1) is 0 Å². The van der Waals surface area contributed by atoms with E-state index in [2.05, 4.69) is 25.7 Å². The van der Waals surface area contributed by atoms with Crippen LogP contribution in [0.2, 0.25) is 0 Å². The quantitative estimate of drug-likeness (QED) is 0.659. The average Bonchev–Trinajstić information content (AvgIpc) is 3.19. The molecule has 0 aliphatic carbocycles. The summed E-state index contributed by atoms with van der Waals surface area (Å²) < 4.78 is 1.80. The number of H-pyrrole nitrogens is 1. The number of hydrogen-bond donors (Lipinski definition) is 3. The number of amides is 1. The van der Waals surface area contributed by atoms with E-state index in [-0.39, 0.29) is 5.91 Å². The molecule has 0 unspecified atom stereocenters. The van der Waals surface area contributed by atoms with Crippen LogP contribution in [0.15, 0.2) is 36.9 Å². The molecule has 3 aromatic rings. The zero-order valence-electron chi connectivity index (χ0n) is 11.9. The van der Waals surface area contributed by atoms with Crippen molar-refractivity contribution >= 4 is 11.4 Å². The van der Waals surface area contributed by atoms with Gasteiger partial charge in [-0.3, -0.25) is 4.79 Å². The van der Waals surface area contributed by atoms with Crippen molar-refractivity contribution in [1.29, 1.82) is 0 Å². The maximum atomic E-state index is 12.4. The lowest BCUT2D eigenvalue weighted by Crippen LogP contribution is -2.41. The molecule has 1 atom stereocenters. The second kappa shape index (κ2) is 5.27. The lowest BCUT2D eigenvalue weighted by molar-refractivity contribution is -0.123. The number of carbonyl (C=O) groups is 1. The molecule has 1 aliphatic rings. The highest BCUT2D eigenvalue weighted by Crippen LogP contribution is 2.19. The van der Waals surface area contributed by atoms with Gasteiger partial charge >= 0.3 is 0 Å². The van der Waals surface area contributed by atoms with E-state index < -0.39 is 6.04 Å². The summed E-state index contributed by atoms with van der Waals surface area (Å²) in [6.07, 6.45) is 6.18. The molecule has 7 heteroatoms. The molecule has 112 valence electrons. The van der Waals surface area contributed by atoms with Crippen LogP contribution in [0.3, 0.4) is 0 Å². The number of imidazole rings is 1. The second-order valence-electron chi connectivity index (χ2n) is 5.32. The van der Waals surface area contributed by atoms with Crippen molar-refractivity contribution in [3.05, 3.63) is 53.9 Å². The van der Waals surface area contributed by atoms with E-state index in [0.717, 1.165) is 35.4 Å². The Labute approximate surface area is 126 Å². The summed E-state index contributed by atoms with van der Waals surface area (Å²) in [7, 11) is 0. The minimum Gasteiger partial charge on any atom is -0.350 e. The van der Waals surface area contributed by atoms with Crippen LogP contribution in [-0.2, 0) is 17.8 Å². The van der Waals surface area contributed by atoms with Gasteiger partial charge in [-0.2, -0.15) is 5.10 Å². The van der Waals surface area contributed by atoms with Crippen LogP contribution in [0.5, 0.6) is 0 Å². The number of fused-ring (bicyclic) bond motifs is 2. The predicted octanol–water partition coefficient (Wildman–Crippen LogP) is 0.561. The molecule has 0 radical (unpaired) electrons.